The lowest BCUT2D eigenvalue weighted by Crippen LogP contribution is -2.06. The number of allylic oxidation sites excluding steroid dienone is 1. The summed E-state index contributed by atoms with van der Waals surface area (Å²) in [5, 5.41) is 16.8. The summed E-state index contributed by atoms with van der Waals surface area (Å²) in [5.41, 5.74) is 2.18. The number of para-hydroxylation sites is 1. The first-order chi connectivity index (χ1) is 10.8. The van der Waals surface area contributed by atoms with Crippen LogP contribution in [0.3, 0.4) is 0 Å². The fourth-order valence-electron chi connectivity index (χ4n) is 2.07. The van der Waals surface area contributed by atoms with E-state index in [1.807, 2.05) is 24.3 Å². The third-order valence-corrected chi connectivity index (χ3v) is 4.22. The Balaban J connectivity index is 1.93. The number of fused-ring (bicyclic) bond motifs is 1. The number of rotatable bonds is 4. The molecule has 6 heteroatoms. The van der Waals surface area contributed by atoms with Crippen molar-refractivity contribution in [3.63, 3.8) is 0 Å². The molecule has 3 rings (SSSR count). The molecule has 1 aliphatic rings. The van der Waals surface area contributed by atoms with Crippen LogP contribution in [0.5, 0.6) is 0 Å². The van der Waals surface area contributed by atoms with Crippen molar-refractivity contribution in [1.29, 1.82) is 5.26 Å². The zero-order valence-electron chi connectivity index (χ0n) is 12.1. The predicted molar refractivity (Wildman–Crippen MR) is 89.3 cm³/mol. The highest BCUT2D eigenvalue weighted by Gasteiger charge is 2.20. The fraction of sp³-hybridized carbons (Fsp3) is 0.188. The third-order valence-electron chi connectivity index (χ3n) is 3.13. The van der Waals surface area contributed by atoms with Crippen LogP contribution in [0.4, 0.5) is 11.6 Å². The first kappa shape index (κ1) is 14.4. The summed E-state index contributed by atoms with van der Waals surface area (Å²) in [6.45, 7) is 2.89. The van der Waals surface area contributed by atoms with Crippen molar-refractivity contribution < 1.29 is 0 Å². The molecule has 2 N–H and O–H groups in total. The number of nitrogens with zero attached hydrogens (tertiary/aromatic N) is 3. The van der Waals surface area contributed by atoms with E-state index in [1.165, 1.54) is 0 Å². The molecule has 0 fully saturated rings. The van der Waals surface area contributed by atoms with Gasteiger partial charge in [-0.1, -0.05) is 30.8 Å². The molecule has 1 aliphatic heterocycles. The Labute approximate surface area is 133 Å². The highest BCUT2D eigenvalue weighted by atomic mass is 32.2. The van der Waals surface area contributed by atoms with Gasteiger partial charge < -0.3 is 10.6 Å². The molecular weight excluding hydrogens is 294 g/mol. The minimum atomic E-state index is 0.531. The van der Waals surface area contributed by atoms with Gasteiger partial charge in [0.15, 0.2) is 0 Å². The van der Waals surface area contributed by atoms with Gasteiger partial charge in [-0.25, -0.2) is 9.97 Å². The quantitative estimate of drug-likeness (QED) is 0.839. The molecular formula is C16H15N5S. The van der Waals surface area contributed by atoms with Crippen LogP contribution in [-0.2, 0) is 0 Å². The van der Waals surface area contributed by atoms with E-state index >= 15 is 0 Å². The molecule has 0 spiro atoms. The molecule has 0 atom stereocenters. The Morgan fingerprint density at radius 3 is 3.00 bits per heavy atom. The standard InChI is InChI=1S/C16H15N5S/c1-2-8-18-16-19-9-7-12(21-16)11(10-17)15-20-13-5-3-4-6-14(13)22-15/h3-7,9,20H,2,8H2,1H3,(H,18,19,21)/b15-11+. The maximum Gasteiger partial charge on any atom is 0.223 e. The predicted octanol–water partition coefficient (Wildman–Crippen LogP) is 3.71. The lowest BCUT2D eigenvalue weighted by Gasteiger charge is -2.06. The SMILES string of the molecule is CCCNc1nccc(/C(C#N)=C2\Nc3ccccc3S2)n1. The van der Waals surface area contributed by atoms with Crippen molar-refractivity contribution in [3.8, 4) is 6.07 Å². The maximum atomic E-state index is 9.54. The van der Waals surface area contributed by atoms with Gasteiger partial charge >= 0.3 is 0 Å². The summed E-state index contributed by atoms with van der Waals surface area (Å²) in [4.78, 5) is 9.73. The number of nitrogens with one attached hydrogen (secondary N) is 2. The molecule has 0 radical (unpaired) electrons. The number of thioether (sulfide) groups is 1. The van der Waals surface area contributed by atoms with Crippen LogP contribution in [0, 0.1) is 11.3 Å². The van der Waals surface area contributed by atoms with Gasteiger partial charge in [0.25, 0.3) is 0 Å². The maximum absolute atomic E-state index is 9.54. The average Bonchev–Trinajstić information content (AvgIpc) is 2.97. The molecule has 1 aromatic carbocycles. The van der Waals surface area contributed by atoms with Crippen molar-refractivity contribution in [2.45, 2.75) is 18.2 Å². The second-order valence-corrected chi connectivity index (χ2v) is 5.78. The molecule has 5 nitrogen and oxygen atoms in total. The van der Waals surface area contributed by atoms with Crippen LogP contribution < -0.4 is 10.6 Å². The highest BCUT2D eigenvalue weighted by molar-refractivity contribution is 8.04. The van der Waals surface area contributed by atoms with E-state index in [0.29, 0.717) is 17.2 Å². The van der Waals surface area contributed by atoms with E-state index in [2.05, 4.69) is 33.6 Å². The zero-order valence-corrected chi connectivity index (χ0v) is 12.9. The molecule has 110 valence electrons. The van der Waals surface area contributed by atoms with Crippen molar-refractivity contribution in [2.24, 2.45) is 0 Å². The van der Waals surface area contributed by atoms with E-state index < -0.39 is 0 Å². The minimum Gasteiger partial charge on any atom is -0.354 e. The van der Waals surface area contributed by atoms with E-state index in [4.69, 9.17) is 0 Å². The van der Waals surface area contributed by atoms with Crippen LogP contribution in [0.2, 0.25) is 0 Å². The van der Waals surface area contributed by atoms with Gasteiger partial charge in [0, 0.05) is 17.6 Å². The smallest absolute Gasteiger partial charge is 0.223 e. The van der Waals surface area contributed by atoms with Crippen molar-refractivity contribution in [3.05, 3.63) is 47.3 Å². The van der Waals surface area contributed by atoms with E-state index in [-0.39, 0.29) is 0 Å². The number of benzene rings is 1. The summed E-state index contributed by atoms with van der Waals surface area (Å²) in [6.07, 6.45) is 2.66. The van der Waals surface area contributed by atoms with E-state index in [9.17, 15) is 5.26 Å². The average molecular weight is 309 g/mol. The summed E-state index contributed by atoms with van der Waals surface area (Å²) in [5.74, 6) is 0.549. The molecule has 0 saturated carbocycles. The number of nitriles is 1. The number of hydrogen-bond acceptors (Lipinski definition) is 6. The topological polar surface area (TPSA) is 73.6 Å². The monoisotopic (exact) mass is 309 g/mol. The van der Waals surface area contributed by atoms with E-state index in [1.54, 1.807) is 24.0 Å². The van der Waals surface area contributed by atoms with Crippen molar-refractivity contribution in [2.75, 3.05) is 17.2 Å². The number of hydrogen-bond donors (Lipinski definition) is 2. The van der Waals surface area contributed by atoms with Gasteiger partial charge in [-0.3, -0.25) is 0 Å². The van der Waals surface area contributed by atoms with Gasteiger partial charge in [-0.15, -0.1) is 0 Å². The van der Waals surface area contributed by atoms with Gasteiger partial charge in [-0.2, -0.15) is 5.26 Å². The Hall–Kier alpha value is -2.52. The number of aromatic nitrogens is 2. The summed E-state index contributed by atoms with van der Waals surface area (Å²) < 4.78 is 0. The first-order valence-electron chi connectivity index (χ1n) is 7.07. The Kier molecular flexibility index (Phi) is 4.26. The lowest BCUT2D eigenvalue weighted by atomic mass is 10.2. The molecule has 0 saturated heterocycles. The second kappa shape index (κ2) is 6.50. The Morgan fingerprint density at radius 1 is 1.36 bits per heavy atom. The molecule has 1 aromatic heterocycles. The largest absolute Gasteiger partial charge is 0.354 e. The molecule has 0 bridgehead atoms. The van der Waals surface area contributed by atoms with Gasteiger partial charge in [0.1, 0.15) is 11.6 Å². The molecule has 2 heterocycles. The minimum absolute atomic E-state index is 0.531. The lowest BCUT2D eigenvalue weighted by molar-refractivity contribution is 0.950. The summed E-state index contributed by atoms with van der Waals surface area (Å²) >= 11 is 1.55. The fourth-order valence-corrected chi connectivity index (χ4v) is 3.08. The van der Waals surface area contributed by atoms with Gasteiger partial charge in [0.05, 0.1) is 16.4 Å². The summed E-state index contributed by atoms with van der Waals surface area (Å²) in [7, 11) is 0. The molecule has 0 aliphatic carbocycles. The van der Waals surface area contributed by atoms with Crippen LogP contribution in [0.15, 0.2) is 46.5 Å². The number of anilines is 2. The van der Waals surface area contributed by atoms with Crippen LogP contribution in [0.25, 0.3) is 5.57 Å². The Morgan fingerprint density at radius 2 is 2.23 bits per heavy atom. The molecule has 0 unspecified atom stereocenters. The van der Waals surface area contributed by atoms with Crippen LogP contribution in [-0.4, -0.2) is 16.5 Å². The third kappa shape index (κ3) is 2.90. The van der Waals surface area contributed by atoms with Gasteiger partial charge in [0.2, 0.25) is 5.95 Å². The Bertz CT molecular complexity index is 736. The summed E-state index contributed by atoms with van der Waals surface area (Å²) in [6, 6.07) is 12.0. The highest BCUT2D eigenvalue weighted by Crippen LogP contribution is 2.43. The molecule has 22 heavy (non-hydrogen) atoms. The van der Waals surface area contributed by atoms with Crippen molar-refractivity contribution >= 4 is 29.0 Å². The molecule has 0 amide bonds. The molecule has 2 aromatic rings. The normalized spacial score (nSPS) is 14.7. The van der Waals surface area contributed by atoms with Gasteiger partial charge in [-0.05, 0) is 24.6 Å². The van der Waals surface area contributed by atoms with Crippen LogP contribution in [0.1, 0.15) is 19.0 Å². The zero-order chi connectivity index (χ0) is 15.4. The van der Waals surface area contributed by atoms with E-state index in [0.717, 1.165) is 28.6 Å². The second-order valence-electron chi connectivity index (χ2n) is 4.73. The first-order valence-corrected chi connectivity index (χ1v) is 7.89. The van der Waals surface area contributed by atoms with Crippen LogP contribution >= 0.6 is 11.8 Å². The van der Waals surface area contributed by atoms with Crippen molar-refractivity contribution in [1.82, 2.24) is 9.97 Å².